The number of Topliss-reactive ketones (excluding diaryl/α,β-unsaturated/α-hetero) is 1. The van der Waals surface area contributed by atoms with Gasteiger partial charge < -0.3 is 18.9 Å². The average Bonchev–Trinajstić information content (AvgIpc) is 2.80. The van der Waals surface area contributed by atoms with Crippen molar-refractivity contribution in [2.75, 3.05) is 31.9 Å². The van der Waals surface area contributed by atoms with E-state index in [4.69, 9.17) is 42.3 Å². The highest BCUT2D eigenvalue weighted by molar-refractivity contribution is 6.39. The lowest BCUT2D eigenvalue weighted by Gasteiger charge is -2.21. The zero-order valence-electron chi connectivity index (χ0n) is 18.9. The Bertz CT molecular complexity index is 1030. The number of azo groups is 1. The maximum absolute atomic E-state index is 13.1. The van der Waals surface area contributed by atoms with Gasteiger partial charge in [-0.15, -0.1) is 0 Å². The van der Waals surface area contributed by atoms with Crippen LogP contribution in [0.15, 0.2) is 40.6 Å². The molecule has 2 aromatic rings. The van der Waals surface area contributed by atoms with E-state index in [9.17, 15) is 9.59 Å². The number of carbonyl (C=O) groups excluding carboxylic acids is 2. The summed E-state index contributed by atoms with van der Waals surface area (Å²) in [5.74, 6) is -0.0891. The lowest BCUT2D eigenvalue weighted by atomic mass is 10.2. The third-order valence-electron chi connectivity index (χ3n) is 4.30. The van der Waals surface area contributed by atoms with Crippen LogP contribution >= 0.6 is 23.4 Å². The van der Waals surface area contributed by atoms with Gasteiger partial charge in [-0.25, -0.2) is 4.42 Å². The summed E-state index contributed by atoms with van der Waals surface area (Å²) in [7, 11) is 2.86. The van der Waals surface area contributed by atoms with Gasteiger partial charge >= 0.3 is 0 Å². The summed E-state index contributed by atoms with van der Waals surface area (Å²) in [6.07, 6.45) is 0. The number of hydrogen-bond acceptors (Lipinski definition) is 8. The third kappa shape index (κ3) is 6.27. The summed E-state index contributed by atoms with van der Waals surface area (Å²) in [5, 5.41) is 8.27. The summed E-state index contributed by atoms with van der Waals surface area (Å²) >= 11 is 12.4. The van der Waals surface area contributed by atoms with E-state index in [1.54, 1.807) is 25.1 Å². The van der Waals surface area contributed by atoms with E-state index in [1.807, 2.05) is 6.92 Å². The minimum Gasteiger partial charge on any atom is -0.495 e. The fraction of sp³-hybridized carbons (Fsp3) is 0.364. The maximum Gasteiger partial charge on any atom is 0.276 e. The van der Waals surface area contributed by atoms with Crippen molar-refractivity contribution >= 4 is 46.4 Å². The summed E-state index contributed by atoms with van der Waals surface area (Å²) in [6, 6.07) is 6.36. The smallest absolute Gasteiger partial charge is 0.276 e. The molecule has 0 aromatic heterocycles. The van der Waals surface area contributed by atoms with Crippen LogP contribution in [0.1, 0.15) is 20.8 Å². The predicted molar refractivity (Wildman–Crippen MR) is 126 cm³/mol. The molecule has 11 heteroatoms. The molecule has 0 aliphatic rings. The highest BCUT2D eigenvalue weighted by Gasteiger charge is 2.31. The van der Waals surface area contributed by atoms with E-state index in [0.717, 1.165) is 4.42 Å². The van der Waals surface area contributed by atoms with E-state index in [-0.39, 0.29) is 22.9 Å². The molecular weight excluding hydrogens is 473 g/mol. The predicted octanol–water partition coefficient (Wildman–Crippen LogP) is 5.38. The Morgan fingerprint density at radius 3 is 2.27 bits per heavy atom. The van der Waals surface area contributed by atoms with Gasteiger partial charge in [0.05, 0.1) is 32.5 Å². The first-order valence-electron chi connectivity index (χ1n) is 10.00. The number of rotatable bonds is 11. The van der Waals surface area contributed by atoms with Crippen molar-refractivity contribution in [3.8, 4) is 23.0 Å². The van der Waals surface area contributed by atoms with Crippen LogP contribution in [0.5, 0.6) is 23.0 Å². The van der Waals surface area contributed by atoms with Gasteiger partial charge in [-0.05, 0) is 32.9 Å². The molecule has 0 saturated carbocycles. The number of ether oxygens (including phenoxy) is 4. The molecule has 0 bridgehead atoms. The number of hydrogen-bond donors (Lipinski definition) is 0. The van der Waals surface area contributed by atoms with Crippen LogP contribution in [0.2, 0.25) is 5.02 Å². The Morgan fingerprint density at radius 1 is 1.03 bits per heavy atom. The fourth-order valence-corrected chi connectivity index (χ4v) is 3.25. The molecule has 1 amide bonds. The second-order valence-corrected chi connectivity index (χ2v) is 7.22. The van der Waals surface area contributed by atoms with E-state index < -0.39 is 17.7 Å². The van der Waals surface area contributed by atoms with Crippen LogP contribution in [0.4, 0.5) is 11.4 Å². The molecule has 1 atom stereocenters. The number of nitrogens with zero attached hydrogens (tertiary/aromatic N) is 3. The molecule has 0 N–H and O–H groups in total. The zero-order chi connectivity index (χ0) is 24.5. The van der Waals surface area contributed by atoms with Gasteiger partial charge in [0.1, 0.15) is 22.9 Å². The quantitative estimate of drug-likeness (QED) is 0.234. The van der Waals surface area contributed by atoms with Gasteiger partial charge in [0.15, 0.2) is 17.3 Å². The molecule has 2 aromatic carbocycles. The molecule has 2 rings (SSSR count). The van der Waals surface area contributed by atoms with E-state index in [0.29, 0.717) is 29.7 Å². The molecular formula is C22H25Cl2N3O6. The zero-order valence-corrected chi connectivity index (χ0v) is 20.4. The van der Waals surface area contributed by atoms with Gasteiger partial charge in [-0.2, -0.15) is 10.2 Å². The summed E-state index contributed by atoms with van der Waals surface area (Å²) in [4.78, 5) is 25.4. The Labute approximate surface area is 202 Å². The van der Waals surface area contributed by atoms with Gasteiger partial charge in [0.25, 0.3) is 5.91 Å². The molecule has 0 radical (unpaired) electrons. The van der Waals surface area contributed by atoms with Crippen molar-refractivity contribution < 1.29 is 28.5 Å². The minimum absolute atomic E-state index is 0.210. The molecule has 0 heterocycles. The third-order valence-corrected chi connectivity index (χ3v) is 4.95. The largest absolute Gasteiger partial charge is 0.495 e. The van der Waals surface area contributed by atoms with E-state index >= 15 is 0 Å². The average molecular weight is 498 g/mol. The number of anilines is 1. The van der Waals surface area contributed by atoms with Gasteiger partial charge in [-0.1, -0.05) is 17.7 Å². The van der Waals surface area contributed by atoms with Crippen molar-refractivity contribution in [2.45, 2.75) is 26.8 Å². The Kier molecular flexibility index (Phi) is 9.74. The maximum atomic E-state index is 13.1. The Morgan fingerprint density at radius 2 is 1.70 bits per heavy atom. The summed E-state index contributed by atoms with van der Waals surface area (Å²) in [5.41, 5.74) is 0.425. The van der Waals surface area contributed by atoms with Gasteiger partial charge in [0.2, 0.25) is 6.04 Å². The number of ketones is 1. The summed E-state index contributed by atoms with van der Waals surface area (Å²) < 4.78 is 22.4. The molecule has 0 aliphatic heterocycles. The number of methoxy groups -OCH3 is 2. The van der Waals surface area contributed by atoms with Crippen LogP contribution < -0.4 is 23.4 Å². The van der Waals surface area contributed by atoms with Crippen molar-refractivity contribution in [3.05, 3.63) is 35.4 Å². The Balaban J connectivity index is 2.43. The van der Waals surface area contributed by atoms with Crippen molar-refractivity contribution in [1.82, 2.24) is 0 Å². The van der Waals surface area contributed by atoms with Crippen LogP contribution in [0.25, 0.3) is 0 Å². The van der Waals surface area contributed by atoms with Crippen molar-refractivity contribution in [2.24, 2.45) is 10.2 Å². The standard InChI is InChI=1S/C22H25Cl2N3O6/c1-6-32-17-10-8-9-16(21(17)33-7-2)27(24)22(29)20(13(3)28)26-25-15-12-18(30-4)14(23)11-19(15)31-5/h8-12,20H,6-7H2,1-5H3. The molecule has 9 nitrogen and oxygen atoms in total. The SMILES string of the molecule is CCOc1cccc(N(Cl)C(=O)C(N=Nc2cc(OC)c(Cl)cc2OC)C(C)=O)c1OCC. The molecule has 33 heavy (non-hydrogen) atoms. The molecule has 0 spiro atoms. The number of amides is 1. The van der Waals surface area contributed by atoms with E-state index in [1.165, 1.54) is 33.3 Å². The molecule has 1 unspecified atom stereocenters. The highest BCUT2D eigenvalue weighted by atomic mass is 35.5. The van der Waals surface area contributed by atoms with Crippen LogP contribution in [-0.2, 0) is 9.59 Å². The molecule has 0 fully saturated rings. The topological polar surface area (TPSA) is 99.0 Å². The molecule has 0 aliphatic carbocycles. The number of halogens is 2. The second-order valence-electron chi connectivity index (χ2n) is 6.48. The molecule has 0 saturated heterocycles. The molecule has 178 valence electrons. The lowest BCUT2D eigenvalue weighted by Crippen LogP contribution is -2.36. The second kappa shape index (κ2) is 12.3. The van der Waals surface area contributed by atoms with Crippen molar-refractivity contribution in [3.63, 3.8) is 0 Å². The lowest BCUT2D eigenvalue weighted by molar-refractivity contribution is -0.126. The van der Waals surface area contributed by atoms with E-state index in [2.05, 4.69) is 10.2 Å². The highest BCUT2D eigenvalue weighted by Crippen LogP contribution is 2.40. The first kappa shape index (κ1) is 26.2. The van der Waals surface area contributed by atoms with Crippen molar-refractivity contribution in [1.29, 1.82) is 0 Å². The minimum atomic E-state index is -1.51. The van der Waals surface area contributed by atoms with Gasteiger partial charge in [0, 0.05) is 23.9 Å². The van der Waals surface area contributed by atoms with Gasteiger partial charge in [-0.3, -0.25) is 9.59 Å². The normalized spacial score (nSPS) is 11.7. The number of benzene rings is 2. The Hall–Kier alpha value is -3.04. The first-order valence-corrected chi connectivity index (χ1v) is 10.7. The monoisotopic (exact) mass is 497 g/mol. The fourth-order valence-electron chi connectivity index (χ4n) is 2.79. The number of para-hydroxylation sites is 1. The summed E-state index contributed by atoms with van der Waals surface area (Å²) in [6.45, 7) is 5.51. The van der Waals surface area contributed by atoms with Crippen LogP contribution in [0, 0.1) is 0 Å². The number of carbonyl (C=O) groups is 2. The first-order chi connectivity index (χ1) is 15.8. The van der Waals surface area contributed by atoms with Crippen LogP contribution in [-0.4, -0.2) is 45.2 Å². The van der Waals surface area contributed by atoms with Crippen LogP contribution in [0.3, 0.4) is 0 Å².